The van der Waals surface area contributed by atoms with E-state index in [2.05, 4.69) is 10.3 Å². The van der Waals surface area contributed by atoms with Crippen LogP contribution in [0.15, 0.2) is 36.5 Å². The zero-order valence-electron chi connectivity index (χ0n) is 17.3. The Labute approximate surface area is 173 Å². The average Bonchev–Trinajstić information content (AvgIpc) is 2.64. The van der Waals surface area contributed by atoms with Gasteiger partial charge in [0, 0.05) is 18.2 Å². The first-order valence-electron chi connectivity index (χ1n) is 9.68. The van der Waals surface area contributed by atoms with Crippen LogP contribution < -0.4 is 5.32 Å². The summed E-state index contributed by atoms with van der Waals surface area (Å²) in [6, 6.07) is 7.80. The Kier molecular flexibility index (Phi) is 6.08. The molecule has 1 N–H and O–H groups in total. The van der Waals surface area contributed by atoms with Crippen LogP contribution in [0.25, 0.3) is 11.1 Å². The molecule has 2 unspecified atom stereocenters. The van der Waals surface area contributed by atoms with E-state index in [-0.39, 0.29) is 18.6 Å². The molecule has 162 valence electrons. The van der Waals surface area contributed by atoms with Crippen LogP contribution in [0.1, 0.15) is 50.4 Å². The molecule has 2 aromatic rings. The van der Waals surface area contributed by atoms with Crippen LogP contribution in [0.4, 0.5) is 18.0 Å². The van der Waals surface area contributed by atoms with Crippen LogP contribution in [-0.4, -0.2) is 29.3 Å². The molecule has 8 heteroatoms. The lowest BCUT2D eigenvalue weighted by Crippen LogP contribution is -2.42. The van der Waals surface area contributed by atoms with Gasteiger partial charge in [-0.05, 0) is 62.1 Å². The van der Waals surface area contributed by atoms with Gasteiger partial charge in [0.15, 0.2) is 0 Å². The van der Waals surface area contributed by atoms with Crippen LogP contribution in [0.3, 0.4) is 0 Å². The highest BCUT2D eigenvalue weighted by atomic mass is 19.4. The number of pyridine rings is 1. The minimum atomic E-state index is -4.52. The number of alkyl carbamates (subject to hydrolysis) is 1. The fraction of sp³-hybridized carbons (Fsp3) is 0.455. The predicted molar refractivity (Wildman–Crippen MR) is 106 cm³/mol. The van der Waals surface area contributed by atoms with Crippen molar-refractivity contribution in [3.63, 3.8) is 0 Å². The quantitative estimate of drug-likeness (QED) is 0.730. The maximum atomic E-state index is 13.1. The smallest absolute Gasteiger partial charge is 0.433 e. The molecular weight excluding hydrogens is 397 g/mol. The van der Waals surface area contributed by atoms with E-state index in [1.54, 1.807) is 39.0 Å². The van der Waals surface area contributed by atoms with Gasteiger partial charge in [-0.3, -0.25) is 4.98 Å². The van der Waals surface area contributed by atoms with Crippen molar-refractivity contribution >= 4 is 6.09 Å². The van der Waals surface area contributed by atoms with Gasteiger partial charge in [0.1, 0.15) is 11.3 Å². The number of halogens is 3. The van der Waals surface area contributed by atoms with E-state index in [1.165, 1.54) is 0 Å². The molecular formula is C22H25F3N2O3. The number of hydrogen-bond donors (Lipinski definition) is 1. The number of carbonyl (C=O) groups excluding carboxylic acids is 1. The molecule has 3 rings (SSSR count). The van der Waals surface area contributed by atoms with Gasteiger partial charge < -0.3 is 14.8 Å². The minimum absolute atomic E-state index is 0.162. The number of nitrogens with one attached hydrogen (secondary N) is 1. The van der Waals surface area contributed by atoms with E-state index in [1.807, 2.05) is 13.0 Å². The summed E-state index contributed by atoms with van der Waals surface area (Å²) in [6.07, 6.45) is -3.89. The Balaban J connectivity index is 1.90. The van der Waals surface area contributed by atoms with E-state index in [4.69, 9.17) is 9.47 Å². The zero-order valence-corrected chi connectivity index (χ0v) is 17.3. The van der Waals surface area contributed by atoms with Gasteiger partial charge in [-0.25, -0.2) is 4.79 Å². The largest absolute Gasteiger partial charge is 0.444 e. The Hall–Kier alpha value is -2.61. The predicted octanol–water partition coefficient (Wildman–Crippen LogP) is 5.29. The van der Waals surface area contributed by atoms with E-state index in [0.29, 0.717) is 17.7 Å². The average molecular weight is 422 g/mol. The van der Waals surface area contributed by atoms with E-state index in [9.17, 15) is 18.0 Å². The molecule has 30 heavy (non-hydrogen) atoms. The van der Waals surface area contributed by atoms with Crippen LogP contribution in [-0.2, 0) is 22.3 Å². The number of aromatic nitrogens is 1. The molecule has 1 amide bonds. The summed E-state index contributed by atoms with van der Waals surface area (Å²) in [7, 11) is 0. The van der Waals surface area contributed by atoms with E-state index >= 15 is 0 Å². The molecule has 0 bridgehead atoms. The number of benzene rings is 1. The highest BCUT2D eigenvalue weighted by Gasteiger charge is 2.33. The fourth-order valence-electron chi connectivity index (χ4n) is 3.52. The van der Waals surface area contributed by atoms with Crippen LogP contribution in [0.5, 0.6) is 0 Å². The van der Waals surface area contributed by atoms with Crippen molar-refractivity contribution in [3.05, 3.63) is 53.3 Å². The van der Waals surface area contributed by atoms with Gasteiger partial charge in [-0.2, -0.15) is 13.2 Å². The number of amides is 1. The summed E-state index contributed by atoms with van der Waals surface area (Å²) in [4.78, 5) is 15.6. The summed E-state index contributed by atoms with van der Waals surface area (Å²) < 4.78 is 50.3. The Morgan fingerprint density at radius 3 is 2.67 bits per heavy atom. The van der Waals surface area contributed by atoms with Crippen LogP contribution in [0.2, 0.25) is 0 Å². The van der Waals surface area contributed by atoms with Gasteiger partial charge in [0.2, 0.25) is 0 Å². The normalized spacial score (nSPS) is 17.8. The number of fused-ring (bicyclic) bond motifs is 1. The summed E-state index contributed by atoms with van der Waals surface area (Å²) in [5.41, 5.74) is 1.28. The monoisotopic (exact) mass is 422 g/mol. The van der Waals surface area contributed by atoms with Gasteiger partial charge in [0.05, 0.1) is 13.2 Å². The summed E-state index contributed by atoms with van der Waals surface area (Å²) in [5.74, 6) is -0.162. The van der Waals surface area contributed by atoms with Crippen molar-refractivity contribution in [3.8, 4) is 11.1 Å². The lowest BCUT2D eigenvalue weighted by atomic mass is 9.84. The first-order valence-corrected chi connectivity index (χ1v) is 9.68. The first-order chi connectivity index (χ1) is 14.0. The van der Waals surface area contributed by atoms with Crippen molar-refractivity contribution in [2.45, 2.75) is 58.0 Å². The maximum absolute atomic E-state index is 13.1. The minimum Gasteiger partial charge on any atom is -0.444 e. The lowest BCUT2D eigenvalue weighted by Gasteiger charge is -2.32. The first kappa shape index (κ1) is 22.1. The second kappa shape index (κ2) is 8.26. The van der Waals surface area contributed by atoms with Gasteiger partial charge in [-0.1, -0.05) is 18.2 Å². The number of carbonyl (C=O) groups is 1. The third-order valence-corrected chi connectivity index (χ3v) is 4.86. The molecule has 1 aliphatic heterocycles. The Bertz CT molecular complexity index is 923. The van der Waals surface area contributed by atoms with Crippen molar-refractivity contribution in [2.24, 2.45) is 0 Å². The molecule has 0 fully saturated rings. The molecule has 1 aliphatic rings. The Morgan fingerprint density at radius 1 is 1.27 bits per heavy atom. The van der Waals surface area contributed by atoms with Crippen molar-refractivity contribution < 1.29 is 27.4 Å². The molecule has 1 aromatic carbocycles. The molecule has 1 aromatic heterocycles. The van der Waals surface area contributed by atoms with Crippen LogP contribution >= 0.6 is 0 Å². The number of ether oxygens (including phenoxy) is 2. The van der Waals surface area contributed by atoms with Gasteiger partial charge in [0.25, 0.3) is 0 Å². The van der Waals surface area contributed by atoms with Gasteiger partial charge in [-0.15, -0.1) is 0 Å². The molecule has 0 saturated heterocycles. The number of nitrogens with zero attached hydrogens (tertiary/aromatic N) is 1. The molecule has 2 atom stereocenters. The standard InChI is InChI=1S/C22H25F3N2O3/c1-13(27-20(28)30-21(2,3)4)17-11-29-12-18-15(6-5-7-16(17)18)14-8-9-26-19(10-14)22(23,24)25/h5-10,13,17H,11-12H2,1-4H3,(H,27,28). The van der Waals surface area contributed by atoms with Crippen molar-refractivity contribution in [2.75, 3.05) is 6.61 Å². The van der Waals surface area contributed by atoms with Crippen molar-refractivity contribution in [1.29, 1.82) is 0 Å². The van der Waals surface area contributed by atoms with E-state index < -0.39 is 23.6 Å². The number of alkyl halides is 3. The molecule has 0 radical (unpaired) electrons. The van der Waals surface area contributed by atoms with E-state index in [0.717, 1.165) is 23.4 Å². The van der Waals surface area contributed by atoms with Crippen molar-refractivity contribution in [1.82, 2.24) is 10.3 Å². The van der Waals surface area contributed by atoms with Crippen LogP contribution in [0, 0.1) is 0 Å². The van der Waals surface area contributed by atoms with Gasteiger partial charge >= 0.3 is 12.3 Å². The maximum Gasteiger partial charge on any atom is 0.433 e. The number of rotatable bonds is 3. The fourth-order valence-corrected chi connectivity index (χ4v) is 3.52. The second-order valence-corrected chi connectivity index (χ2v) is 8.36. The summed E-state index contributed by atoms with van der Waals surface area (Å²) >= 11 is 0. The summed E-state index contributed by atoms with van der Waals surface area (Å²) in [5, 5.41) is 2.84. The SMILES string of the molecule is CC(NC(=O)OC(C)(C)C)C1COCc2c(-c3ccnc(C(F)(F)F)c3)cccc21. The molecule has 0 spiro atoms. The molecule has 0 aliphatic carbocycles. The highest BCUT2D eigenvalue weighted by Crippen LogP contribution is 2.37. The third kappa shape index (κ3) is 5.11. The molecule has 2 heterocycles. The molecule has 5 nitrogen and oxygen atoms in total. The zero-order chi connectivity index (χ0) is 22.1. The Morgan fingerprint density at radius 2 is 2.00 bits per heavy atom. The highest BCUT2D eigenvalue weighted by molar-refractivity contribution is 5.70. The molecule has 0 saturated carbocycles. The summed E-state index contributed by atoms with van der Waals surface area (Å²) in [6.45, 7) is 7.88. The topological polar surface area (TPSA) is 60.5 Å². The lowest BCUT2D eigenvalue weighted by molar-refractivity contribution is -0.141. The number of hydrogen-bond acceptors (Lipinski definition) is 4. The third-order valence-electron chi connectivity index (χ3n) is 4.86. The second-order valence-electron chi connectivity index (χ2n) is 8.36.